The lowest BCUT2D eigenvalue weighted by Crippen LogP contribution is -2.18. The molecule has 2 aromatic carbocycles. The van der Waals surface area contributed by atoms with Gasteiger partial charge in [-0.15, -0.1) is 0 Å². The van der Waals surface area contributed by atoms with Crippen molar-refractivity contribution in [2.24, 2.45) is 0 Å². The van der Waals surface area contributed by atoms with Crippen LogP contribution in [0, 0.1) is 0 Å². The van der Waals surface area contributed by atoms with Crippen LogP contribution < -0.4 is 9.97 Å². The van der Waals surface area contributed by atoms with Gasteiger partial charge in [-0.25, -0.2) is 8.42 Å². The number of carbonyl (C=O) groups excluding carboxylic acids is 1. The number of amides is 1. The van der Waals surface area contributed by atoms with Crippen LogP contribution in [0.25, 0.3) is 0 Å². The minimum Gasteiger partial charge on any atom is -0.539 e. The van der Waals surface area contributed by atoms with Crippen molar-refractivity contribution in [3.8, 4) is 5.75 Å². The lowest BCUT2D eigenvalue weighted by Gasteiger charge is -2.16. The maximum Gasteiger partial charge on any atom is 0.504 e. The molecule has 0 bridgehead atoms. The monoisotopic (exact) mass is 470 g/mol. The van der Waals surface area contributed by atoms with E-state index in [-0.39, 0.29) is 18.8 Å². The van der Waals surface area contributed by atoms with Gasteiger partial charge in [0.1, 0.15) is 5.75 Å². The molecule has 0 unspecified atom stereocenters. The van der Waals surface area contributed by atoms with Gasteiger partial charge in [-0.1, -0.05) is 6.07 Å². The van der Waals surface area contributed by atoms with Crippen LogP contribution >= 0.6 is 0 Å². The van der Waals surface area contributed by atoms with E-state index in [1.807, 2.05) is 37.2 Å². The van der Waals surface area contributed by atoms with Crippen LogP contribution in [0.3, 0.4) is 0 Å². The molecule has 4 rings (SSSR count). The topological polar surface area (TPSA) is 95.9 Å². The zero-order chi connectivity index (χ0) is 23.6. The van der Waals surface area contributed by atoms with Crippen molar-refractivity contribution in [3.05, 3.63) is 53.1 Å². The first-order valence-corrected chi connectivity index (χ1v) is 13.0. The third-order valence-electron chi connectivity index (χ3n) is 6.08. The minimum absolute atomic E-state index is 0.126. The SMILES string of the molecule is CN(C)Cc1cc(NC(=O)CCc2cc(OBO)ccc2C2CC2)ccc1S(=O)(=O)C1CC1. The second-order valence-corrected chi connectivity index (χ2v) is 11.5. The van der Waals surface area contributed by atoms with Gasteiger partial charge in [0.25, 0.3) is 0 Å². The molecule has 1 amide bonds. The van der Waals surface area contributed by atoms with E-state index in [0.717, 1.165) is 31.2 Å². The number of hydrogen-bond donors (Lipinski definition) is 2. The Kier molecular flexibility index (Phi) is 7.12. The zero-order valence-corrected chi connectivity index (χ0v) is 20.0. The zero-order valence-electron chi connectivity index (χ0n) is 19.2. The van der Waals surface area contributed by atoms with Gasteiger partial charge in [-0.05, 0) is 99.1 Å². The summed E-state index contributed by atoms with van der Waals surface area (Å²) in [6, 6.07) is 10.9. The fourth-order valence-electron chi connectivity index (χ4n) is 4.18. The molecule has 9 heteroatoms. The summed E-state index contributed by atoms with van der Waals surface area (Å²) in [6.45, 7) is 0.480. The third kappa shape index (κ3) is 5.96. The molecule has 7 nitrogen and oxygen atoms in total. The lowest BCUT2D eigenvalue weighted by atomic mass is 9.98. The summed E-state index contributed by atoms with van der Waals surface area (Å²) in [5, 5.41) is 11.7. The molecule has 0 spiro atoms. The first kappa shape index (κ1) is 23.8. The molecule has 2 N–H and O–H groups in total. The highest BCUT2D eigenvalue weighted by Gasteiger charge is 2.38. The minimum atomic E-state index is -3.32. The average Bonchev–Trinajstić information content (AvgIpc) is 3.64. The molecule has 0 saturated heterocycles. The van der Waals surface area contributed by atoms with Gasteiger partial charge in [0.2, 0.25) is 5.91 Å². The number of rotatable bonds is 11. The van der Waals surface area contributed by atoms with Crippen molar-refractivity contribution in [1.29, 1.82) is 0 Å². The van der Waals surface area contributed by atoms with E-state index >= 15 is 0 Å². The van der Waals surface area contributed by atoms with Gasteiger partial charge >= 0.3 is 7.69 Å². The predicted molar refractivity (Wildman–Crippen MR) is 129 cm³/mol. The molecule has 2 aliphatic carbocycles. The van der Waals surface area contributed by atoms with E-state index in [1.165, 1.54) is 5.56 Å². The Morgan fingerprint density at radius 1 is 1.12 bits per heavy atom. The molecule has 2 aliphatic rings. The predicted octanol–water partition coefficient (Wildman–Crippen LogP) is 2.77. The molecule has 33 heavy (non-hydrogen) atoms. The number of sulfone groups is 1. The summed E-state index contributed by atoms with van der Waals surface area (Å²) in [5.74, 6) is 1.01. The van der Waals surface area contributed by atoms with E-state index in [9.17, 15) is 13.2 Å². The number of anilines is 1. The van der Waals surface area contributed by atoms with E-state index in [4.69, 9.17) is 9.68 Å². The van der Waals surface area contributed by atoms with Crippen LogP contribution in [-0.2, 0) is 27.6 Å². The van der Waals surface area contributed by atoms with Crippen molar-refractivity contribution >= 4 is 29.1 Å². The first-order valence-electron chi connectivity index (χ1n) is 11.5. The highest BCUT2D eigenvalue weighted by molar-refractivity contribution is 7.92. The van der Waals surface area contributed by atoms with Crippen LogP contribution in [0.1, 0.15) is 54.7 Å². The Morgan fingerprint density at radius 3 is 2.52 bits per heavy atom. The normalized spacial score (nSPS) is 16.0. The third-order valence-corrected chi connectivity index (χ3v) is 8.45. The summed E-state index contributed by atoms with van der Waals surface area (Å²) in [7, 11) is 0.0844. The maximum absolute atomic E-state index is 12.8. The van der Waals surface area contributed by atoms with Crippen molar-refractivity contribution in [3.63, 3.8) is 0 Å². The number of aryl methyl sites for hydroxylation is 1. The van der Waals surface area contributed by atoms with E-state index in [0.29, 0.717) is 47.2 Å². The Balaban J connectivity index is 1.46. The fourth-order valence-corrected chi connectivity index (χ4v) is 6.05. The first-order chi connectivity index (χ1) is 15.8. The molecule has 2 saturated carbocycles. The average molecular weight is 470 g/mol. The van der Waals surface area contributed by atoms with Crippen molar-refractivity contribution in [2.75, 3.05) is 19.4 Å². The maximum atomic E-state index is 12.8. The van der Waals surface area contributed by atoms with E-state index in [1.54, 1.807) is 18.2 Å². The lowest BCUT2D eigenvalue weighted by molar-refractivity contribution is -0.116. The Hall–Kier alpha value is -2.36. The van der Waals surface area contributed by atoms with Gasteiger partial charge < -0.3 is 19.9 Å². The Labute approximate surface area is 196 Å². The van der Waals surface area contributed by atoms with Crippen LogP contribution in [-0.4, -0.2) is 51.3 Å². The molecule has 0 atom stereocenters. The summed E-state index contributed by atoms with van der Waals surface area (Å²) in [6.07, 6.45) is 4.62. The Morgan fingerprint density at radius 2 is 1.88 bits per heavy atom. The van der Waals surface area contributed by atoms with Crippen LogP contribution in [0.4, 0.5) is 5.69 Å². The largest absolute Gasteiger partial charge is 0.539 e. The summed E-state index contributed by atoms with van der Waals surface area (Å²) in [4.78, 5) is 15.0. The standard InChI is InChI=1S/C24H31BN2O5S/c1-27(2)15-18-13-19(6-11-23(18)33(30,31)21-8-9-21)26-24(28)12-5-17-14-20(32-25-29)7-10-22(17)16-3-4-16/h6-7,10-11,13-14,16,21,25,29H,3-5,8-9,12,15H2,1-2H3,(H,26,28). The summed E-state index contributed by atoms with van der Waals surface area (Å²) >= 11 is 0. The van der Waals surface area contributed by atoms with Gasteiger partial charge in [-0.2, -0.15) is 0 Å². The number of nitrogens with one attached hydrogen (secondary N) is 1. The molecule has 0 aromatic heterocycles. The number of hydrogen-bond acceptors (Lipinski definition) is 6. The van der Waals surface area contributed by atoms with Crippen LogP contribution in [0.15, 0.2) is 41.3 Å². The molecule has 0 radical (unpaired) electrons. The Bertz CT molecular complexity index is 1130. The summed E-state index contributed by atoms with van der Waals surface area (Å²) in [5.41, 5.74) is 3.62. The molecule has 176 valence electrons. The van der Waals surface area contributed by atoms with Gasteiger partial charge in [0, 0.05) is 18.7 Å². The second-order valence-electron chi connectivity index (χ2n) is 9.26. The molecule has 2 aromatic rings. The number of nitrogens with zero attached hydrogens (tertiary/aromatic N) is 1. The second kappa shape index (κ2) is 9.87. The van der Waals surface area contributed by atoms with Crippen molar-refractivity contribution in [1.82, 2.24) is 4.90 Å². The van der Waals surface area contributed by atoms with Crippen LogP contribution in [0.5, 0.6) is 5.75 Å². The number of benzene rings is 2. The number of carbonyl (C=O) groups is 1. The molecular weight excluding hydrogens is 439 g/mol. The van der Waals surface area contributed by atoms with E-state index < -0.39 is 9.84 Å². The fraction of sp³-hybridized carbons (Fsp3) is 0.458. The molecule has 0 heterocycles. The smallest absolute Gasteiger partial charge is 0.504 e. The summed E-state index contributed by atoms with van der Waals surface area (Å²) < 4.78 is 30.9. The highest BCUT2D eigenvalue weighted by atomic mass is 32.2. The van der Waals surface area contributed by atoms with Gasteiger partial charge in [0.05, 0.1) is 10.1 Å². The quantitative estimate of drug-likeness (QED) is 0.491. The molecule has 0 aliphatic heterocycles. The highest BCUT2D eigenvalue weighted by Crippen LogP contribution is 2.42. The molecular formula is C24H31BN2O5S. The van der Waals surface area contributed by atoms with Gasteiger partial charge in [-0.3, -0.25) is 4.79 Å². The molecule has 2 fully saturated rings. The van der Waals surface area contributed by atoms with Gasteiger partial charge in [0.15, 0.2) is 9.84 Å². The van der Waals surface area contributed by atoms with Crippen molar-refractivity contribution < 1.29 is 22.9 Å². The van der Waals surface area contributed by atoms with E-state index in [2.05, 4.69) is 5.32 Å². The van der Waals surface area contributed by atoms with Crippen LogP contribution in [0.2, 0.25) is 0 Å². The van der Waals surface area contributed by atoms with Crippen molar-refractivity contribution in [2.45, 2.75) is 61.1 Å².